The lowest BCUT2D eigenvalue weighted by Crippen LogP contribution is -2.48. The third-order valence-corrected chi connectivity index (χ3v) is 4.65. The van der Waals surface area contributed by atoms with Gasteiger partial charge < -0.3 is 15.4 Å². The van der Waals surface area contributed by atoms with E-state index >= 15 is 0 Å². The van der Waals surface area contributed by atoms with Crippen molar-refractivity contribution in [2.24, 2.45) is 5.92 Å². The summed E-state index contributed by atoms with van der Waals surface area (Å²) in [4.78, 5) is 37.9. The van der Waals surface area contributed by atoms with Crippen LogP contribution >= 0.6 is 0 Å². The minimum absolute atomic E-state index is 0.0599. The summed E-state index contributed by atoms with van der Waals surface area (Å²) in [6.07, 6.45) is 2.13. The van der Waals surface area contributed by atoms with E-state index in [-0.39, 0.29) is 25.1 Å². The zero-order valence-corrected chi connectivity index (χ0v) is 14.5. The highest BCUT2D eigenvalue weighted by molar-refractivity contribution is 6.08. The van der Waals surface area contributed by atoms with Crippen LogP contribution < -0.4 is 10.6 Å². The van der Waals surface area contributed by atoms with Crippen molar-refractivity contribution in [1.82, 2.24) is 15.5 Å². The fraction of sp³-hybridized carbons (Fsp3) is 0.500. The van der Waals surface area contributed by atoms with Crippen molar-refractivity contribution in [2.75, 3.05) is 20.3 Å². The summed E-state index contributed by atoms with van der Waals surface area (Å²) in [7, 11) is 1.46. The number of nitrogens with zero attached hydrogens (tertiary/aromatic N) is 1. The summed E-state index contributed by atoms with van der Waals surface area (Å²) in [5, 5.41) is 5.57. The van der Waals surface area contributed by atoms with Gasteiger partial charge in [-0.2, -0.15) is 0 Å². The summed E-state index contributed by atoms with van der Waals surface area (Å²) in [5.74, 6) is -0.378. The highest BCUT2D eigenvalue weighted by Gasteiger charge is 2.48. The number of carbonyl (C=O) groups is 3. The molecule has 2 fully saturated rings. The number of imide groups is 1. The maximum atomic E-state index is 12.5. The Morgan fingerprint density at radius 1 is 1.36 bits per heavy atom. The highest BCUT2D eigenvalue weighted by atomic mass is 16.5. The van der Waals surface area contributed by atoms with Crippen LogP contribution in [-0.2, 0) is 14.3 Å². The molecule has 7 heteroatoms. The normalized spacial score (nSPS) is 24.2. The number of urea groups is 1. The summed E-state index contributed by atoms with van der Waals surface area (Å²) in [6.45, 7) is 1.36. The van der Waals surface area contributed by atoms with Gasteiger partial charge in [-0.1, -0.05) is 30.3 Å². The van der Waals surface area contributed by atoms with Crippen LogP contribution in [0, 0.1) is 5.92 Å². The number of rotatable bonds is 7. The Hall–Kier alpha value is -2.41. The highest BCUT2D eigenvalue weighted by Crippen LogP contribution is 2.40. The molecule has 1 heterocycles. The first kappa shape index (κ1) is 17.4. The third kappa shape index (κ3) is 3.66. The predicted octanol–water partition coefficient (Wildman–Crippen LogP) is 1.21. The molecule has 0 bridgehead atoms. The second kappa shape index (κ2) is 6.84. The largest absolute Gasteiger partial charge is 0.382 e. The van der Waals surface area contributed by atoms with Gasteiger partial charge in [-0.05, 0) is 31.2 Å². The molecule has 0 spiro atoms. The number of amides is 4. The fourth-order valence-corrected chi connectivity index (χ4v) is 3.20. The van der Waals surface area contributed by atoms with Crippen LogP contribution in [0.4, 0.5) is 4.79 Å². The average molecular weight is 345 g/mol. The van der Waals surface area contributed by atoms with Crippen LogP contribution in [0.1, 0.15) is 31.4 Å². The van der Waals surface area contributed by atoms with Crippen molar-refractivity contribution in [2.45, 2.75) is 31.3 Å². The zero-order valence-electron chi connectivity index (χ0n) is 14.5. The third-order valence-electron chi connectivity index (χ3n) is 4.65. The molecule has 7 nitrogen and oxygen atoms in total. The van der Waals surface area contributed by atoms with Gasteiger partial charge in [0, 0.05) is 7.11 Å². The van der Waals surface area contributed by atoms with Gasteiger partial charge in [-0.25, -0.2) is 4.79 Å². The van der Waals surface area contributed by atoms with Crippen molar-refractivity contribution < 1.29 is 19.1 Å². The summed E-state index contributed by atoms with van der Waals surface area (Å²) in [5.41, 5.74) is -0.0821. The van der Waals surface area contributed by atoms with Crippen LogP contribution in [0.5, 0.6) is 0 Å². The minimum Gasteiger partial charge on any atom is -0.382 e. The van der Waals surface area contributed by atoms with E-state index in [0.29, 0.717) is 5.92 Å². The van der Waals surface area contributed by atoms with Crippen molar-refractivity contribution in [1.29, 1.82) is 0 Å². The standard InChI is InChI=1S/C18H23N3O4/c1-18(11-25-2)16(23)21(17(24)20-18)10-14(22)19-15(13-8-9-13)12-6-4-3-5-7-12/h3-7,13,15H,8-11H2,1-2H3,(H,19,22)(H,20,24)/t15-,18+/m1/s1. The molecule has 25 heavy (non-hydrogen) atoms. The lowest BCUT2D eigenvalue weighted by atomic mass is 10.0. The molecular weight excluding hydrogens is 322 g/mol. The minimum atomic E-state index is -1.12. The summed E-state index contributed by atoms with van der Waals surface area (Å²) in [6, 6.07) is 9.11. The Balaban J connectivity index is 1.66. The van der Waals surface area contributed by atoms with Gasteiger partial charge in [0.2, 0.25) is 5.91 Å². The SMILES string of the molecule is COC[C@]1(C)NC(=O)N(CC(=O)N[C@H](c2ccccc2)C2CC2)C1=O. The molecule has 1 saturated carbocycles. The number of hydrogen-bond donors (Lipinski definition) is 2. The van der Waals surface area contributed by atoms with E-state index in [1.54, 1.807) is 6.92 Å². The van der Waals surface area contributed by atoms with Crippen molar-refractivity contribution in [3.63, 3.8) is 0 Å². The van der Waals surface area contributed by atoms with Gasteiger partial charge >= 0.3 is 6.03 Å². The molecule has 134 valence electrons. The number of ether oxygens (including phenoxy) is 1. The van der Waals surface area contributed by atoms with Crippen molar-refractivity contribution in [3.05, 3.63) is 35.9 Å². The van der Waals surface area contributed by atoms with Gasteiger partial charge in [0.05, 0.1) is 12.6 Å². The molecule has 1 aromatic rings. The first-order chi connectivity index (χ1) is 11.9. The number of benzene rings is 1. The van der Waals surface area contributed by atoms with Crippen LogP contribution in [0.2, 0.25) is 0 Å². The Morgan fingerprint density at radius 3 is 2.64 bits per heavy atom. The number of hydrogen-bond acceptors (Lipinski definition) is 4. The average Bonchev–Trinajstić information content (AvgIpc) is 3.39. The van der Waals surface area contributed by atoms with E-state index in [0.717, 1.165) is 23.3 Å². The zero-order chi connectivity index (χ0) is 18.0. The molecule has 4 amide bonds. The van der Waals surface area contributed by atoms with E-state index in [4.69, 9.17) is 4.74 Å². The lowest BCUT2D eigenvalue weighted by molar-refractivity contribution is -0.136. The molecular formula is C18H23N3O4. The van der Waals surface area contributed by atoms with Crippen LogP contribution in [0.15, 0.2) is 30.3 Å². The number of methoxy groups -OCH3 is 1. The Morgan fingerprint density at radius 2 is 2.04 bits per heavy atom. The molecule has 1 aliphatic carbocycles. The van der Waals surface area contributed by atoms with E-state index in [1.165, 1.54) is 7.11 Å². The fourth-order valence-electron chi connectivity index (χ4n) is 3.20. The van der Waals surface area contributed by atoms with Gasteiger partial charge in [0.25, 0.3) is 5.91 Å². The van der Waals surface area contributed by atoms with Crippen LogP contribution in [0.3, 0.4) is 0 Å². The molecule has 1 aliphatic heterocycles. The lowest BCUT2D eigenvalue weighted by Gasteiger charge is -2.22. The van der Waals surface area contributed by atoms with E-state index in [2.05, 4.69) is 10.6 Å². The Labute approximate surface area is 146 Å². The Bertz CT molecular complexity index is 674. The molecule has 2 N–H and O–H groups in total. The van der Waals surface area contributed by atoms with E-state index in [9.17, 15) is 14.4 Å². The second-order valence-electron chi connectivity index (χ2n) is 6.88. The second-order valence-corrected chi connectivity index (χ2v) is 6.88. The van der Waals surface area contributed by atoms with Gasteiger partial charge in [-0.3, -0.25) is 14.5 Å². The molecule has 1 saturated heterocycles. The Kier molecular flexibility index (Phi) is 4.76. The van der Waals surface area contributed by atoms with Crippen molar-refractivity contribution in [3.8, 4) is 0 Å². The number of nitrogens with one attached hydrogen (secondary N) is 2. The van der Waals surface area contributed by atoms with Crippen LogP contribution in [0.25, 0.3) is 0 Å². The maximum Gasteiger partial charge on any atom is 0.325 e. The predicted molar refractivity (Wildman–Crippen MR) is 90.6 cm³/mol. The molecule has 0 unspecified atom stereocenters. The summed E-state index contributed by atoms with van der Waals surface area (Å²) < 4.78 is 5.00. The van der Waals surface area contributed by atoms with Crippen LogP contribution in [-0.4, -0.2) is 48.5 Å². The van der Waals surface area contributed by atoms with Gasteiger partial charge in [-0.15, -0.1) is 0 Å². The molecule has 0 radical (unpaired) electrons. The van der Waals surface area contributed by atoms with E-state index in [1.807, 2.05) is 30.3 Å². The first-order valence-electron chi connectivity index (χ1n) is 8.42. The van der Waals surface area contributed by atoms with Crippen molar-refractivity contribution >= 4 is 17.8 Å². The summed E-state index contributed by atoms with van der Waals surface area (Å²) >= 11 is 0. The molecule has 1 aromatic carbocycles. The molecule has 2 atom stereocenters. The molecule has 0 aromatic heterocycles. The monoisotopic (exact) mass is 345 g/mol. The topological polar surface area (TPSA) is 87.7 Å². The van der Waals surface area contributed by atoms with E-state index < -0.39 is 17.5 Å². The maximum absolute atomic E-state index is 12.5. The molecule has 3 rings (SSSR count). The number of carbonyl (C=O) groups excluding carboxylic acids is 3. The van der Waals surface area contributed by atoms with Gasteiger partial charge in [0.1, 0.15) is 12.1 Å². The molecule has 2 aliphatic rings. The quantitative estimate of drug-likeness (QED) is 0.727. The smallest absolute Gasteiger partial charge is 0.325 e. The van der Waals surface area contributed by atoms with Gasteiger partial charge in [0.15, 0.2) is 0 Å². The first-order valence-corrected chi connectivity index (χ1v) is 8.42.